The fourth-order valence-corrected chi connectivity index (χ4v) is 2.22. The first-order chi connectivity index (χ1) is 11.2. The molecule has 0 bridgehead atoms. The SMILES string of the molecule is CCCCC(O)C#CCCCCCCCC#CCCCC(C)=O. The maximum absolute atomic E-state index is 10.8. The number of rotatable bonds is 12. The van der Waals surface area contributed by atoms with Gasteiger partial charge in [-0.1, -0.05) is 44.9 Å². The zero-order valence-electron chi connectivity index (χ0n) is 15.1. The molecule has 0 aromatic rings. The second-order valence-electron chi connectivity index (χ2n) is 6.16. The summed E-state index contributed by atoms with van der Waals surface area (Å²) < 4.78 is 0. The highest BCUT2D eigenvalue weighted by molar-refractivity contribution is 5.75. The van der Waals surface area contributed by atoms with Gasteiger partial charge in [0, 0.05) is 25.7 Å². The van der Waals surface area contributed by atoms with Gasteiger partial charge in [0.15, 0.2) is 0 Å². The molecule has 0 aliphatic heterocycles. The van der Waals surface area contributed by atoms with E-state index in [0.717, 1.165) is 51.4 Å². The van der Waals surface area contributed by atoms with E-state index in [1.54, 1.807) is 6.92 Å². The van der Waals surface area contributed by atoms with Crippen LogP contribution in [0, 0.1) is 23.7 Å². The molecule has 0 spiro atoms. The molecule has 0 radical (unpaired) electrons. The first-order valence-electron chi connectivity index (χ1n) is 9.28. The van der Waals surface area contributed by atoms with Crippen molar-refractivity contribution in [2.24, 2.45) is 0 Å². The molecule has 130 valence electrons. The predicted octanol–water partition coefficient (Wildman–Crippen LogP) is 5.03. The molecule has 0 saturated carbocycles. The van der Waals surface area contributed by atoms with Gasteiger partial charge in [0.05, 0.1) is 0 Å². The summed E-state index contributed by atoms with van der Waals surface area (Å²) >= 11 is 0. The number of ketones is 1. The molecule has 0 amide bonds. The number of carbonyl (C=O) groups excluding carboxylic acids is 1. The normalized spacial score (nSPS) is 11.1. The van der Waals surface area contributed by atoms with Crippen LogP contribution in [0.5, 0.6) is 0 Å². The Morgan fingerprint density at radius 1 is 0.870 bits per heavy atom. The molecule has 1 unspecified atom stereocenters. The second kappa shape index (κ2) is 17.1. The Morgan fingerprint density at radius 3 is 2.04 bits per heavy atom. The molecule has 0 saturated heterocycles. The minimum absolute atomic E-state index is 0.256. The van der Waals surface area contributed by atoms with Gasteiger partial charge in [0.2, 0.25) is 0 Å². The van der Waals surface area contributed by atoms with E-state index in [-0.39, 0.29) is 5.78 Å². The lowest BCUT2D eigenvalue weighted by atomic mass is 10.1. The third kappa shape index (κ3) is 18.7. The van der Waals surface area contributed by atoms with Gasteiger partial charge in [-0.2, -0.15) is 0 Å². The van der Waals surface area contributed by atoms with Gasteiger partial charge in [-0.15, -0.1) is 17.8 Å². The van der Waals surface area contributed by atoms with Gasteiger partial charge in [0.1, 0.15) is 11.9 Å². The Kier molecular flexibility index (Phi) is 16.2. The van der Waals surface area contributed by atoms with Crippen LogP contribution in [0.15, 0.2) is 0 Å². The van der Waals surface area contributed by atoms with E-state index in [2.05, 4.69) is 30.6 Å². The average molecular weight is 319 g/mol. The number of unbranched alkanes of at least 4 members (excludes halogenated alkanes) is 8. The maximum Gasteiger partial charge on any atom is 0.129 e. The average Bonchev–Trinajstić information content (AvgIpc) is 2.52. The van der Waals surface area contributed by atoms with Crippen LogP contribution in [-0.4, -0.2) is 17.0 Å². The largest absolute Gasteiger partial charge is 0.380 e. The van der Waals surface area contributed by atoms with Crippen molar-refractivity contribution in [1.82, 2.24) is 0 Å². The molecule has 1 N–H and O–H groups in total. The predicted molar refractivity (Wildman–Crippen MR) is 97.9 cm³/mol. The topological polar surface area (TPSA) is 37.3 Å². The molecule has 1 atom stereocenters. The van der Waals surface area contributed by atoms with Crippen molar-refractivity contribution in [3.8, 4) is 23.7 Å². The summed E-state index contributed by atoms with van der Waals surface area (Å²) in [5, 5.41) is 9.58. The molecule has 2 nitrogen and oxygen atoms in total. The van der Waals surface area contributed by atoms with Gasteiger partial charge in [-0.25, -0.2) is 0 Å². The fourth-order valence-electron chi connectivity index (χ4n) is 2.22. The number of aliphatic hydroxyl groups excluding tert-OH is 1. The molecule has 2 heteroatoms. The number of aliphatic hydroxyl groups is 1. The fraction of sp³-hybridized carbons (Fsp3) is 0.762. The molecule has 23 heavy (non-hydrogen) atoms. The van der Waals surface area contributed by atoms with Crippen molar-refractivity contribution in [2.45, 2.75) is 103 Å². The number of hydrogen-bond donors (Lipinski definition) is 1. The highest BCUT2D eigenvalue weighted by Crippen LogP contribution is 2.07. The van der Waals surface area contributed by atoms with Crippen molar-refractivity contribution in [3.63, 3.8) is 0 Å². The van der Waals surface area contributed by atoms with Gasteiger partial charge < -0.3 is 9.90 Å². The van der Waals surface area contributed by atoms with Crippen LogP contribution in [0.2, 0.25) is 0 Å². The summed E-state index contributed by atoms with van der Waals surface area (Å²) in [4.78, 5) is 10.8. The van der Waals surface area contributed by atoms with Crippen molar-refractivity contribution in [3.05, 3.63) is 0 Å². The molecule has 0 fully saturated rings. The van der Waals surface area contributed by atoms with Gasteiger partial charge >= 0.3 is 0 Å². The monoisotopic (exact) mass is 318 g/mol. The third-order valence-corrected chi connectivity index (χ3v) is 3.66. The first kappa shape index (κ1) is 21.8. The Hall–Kier alpha value is -1.25. The minimum Gasteiger partial charge on any atom is -0.380 e. The smallest absolute Gasteiger partial charge is 0.129 e. The third-order valence-electron chi connectivity index (χ3n) is 3.66. The van der Waals surface area contributed by atoms with E-state index in [0.29, 0.717) is 6.42 Å². The highest BCUT2D eigenvalue weighted by Gasteiger charge is 1.96. The van der Waals surface area contributed by atoms with E-state index in [9.17, 15) is 9.90 Å². The Morgan fingerprint density at radius 2 is 1.43 bits per heavy atom. The lowest BCUT2D eigenvalue weighted by Crippen LogP contribution is -2.01. The van der Waals surface area contributed by atoms with Crippen molar-refractivity contribution < 1.29 is 9.90 Å². The number of carbonyl (C=O) groups is 1. The summed E-state index contributed by atoms with van der Waals surface area (Å²) in [6.45, 7) is 3.76. The van der Waals surface area contributed by atoms with E-state index in [1.165, 1.54) is 25.7 Å². The van der Waals surface area contributed by atoms with E-state index >= 15 is 0 Å². The van der Waals surface area contributed by atoms with Crippen LogP contribution in [-0.2, 0) is 4.79 Å². The minimum atomic E-state index is -0.427. The molecule has 0 aliphatic carbocycles. The zero-order valence-corrected chi connectivity index (χ0v) is 15.1. The summed E-state index contributed by atoms with van der Waals surface area (Å²) in [6.07, 6.45) is 12.8. The lowest BCUT2D eigenvalue weighted by molar-refractivity contribution is -0.117. The molecule has 0 aromatic carbocycles. The van der Waals surface area contributed by atoms with Gasteiger partial charge in [0.25, 0.3) is 0 Å². The molecule has 0 heterocycles. The molecular weight excluding hydrogens is 284 g/mol. The van der Waals surface area contributed by atoms with Crippen molar-refractivity contribution in [2.75, 3.05) is 0 Å². The standard InChI is InChI=1S/C21H34O2/c1-3-4-18-21(23)19-16-14-12-10-8-6-5-7-9-11-13-15-17-20(2)22/h21,23H,3-8,10,12-15,17-18H2,1-2H3. The van der Waals surface area contributed by atoms with Gasteiger partial charge in [-0.3, -0.25) is 0 Å². The van der Waals surface area contributed by atoms with Gasteiger partial charge in [-0.05, 0) is 32.6 Å². The van der Waals surface area contributed by atoms with Crippen LogP contribution in [0.1, 0.15) is 97.3 Å². The zero-order chi connectivity index (χ0) is 17.2. The molecule has 0 aliphatic rings. The summed E-state index contributed by atoms with van der Waals surface area (Å²) in [7, 11) is 0. The Bertz CT molecular complexity index is 403. The number of hydrogen-bond acceptors (Lipinski definition) is 2. The molecule has 0 aromatic heterocycles. The van der Waals surface area contributed by atoms with Crippen molar-refractivity contribution in [1.29, 1.82) is 0 Å². The summed E-state index contributed by atoms with van der Waals surface area (Å²) in [6, 6.07) is 0. The Balaban J connectivity index is 3.32. The second-order valence-corrected chi connectivity index (χ2v) is 6.16. The quantitative estimate of drug-likeness (QED) is 0.404. The molecular formula is C21H34O2. The Labute approximate surface area is 143 Å². The summed E-state index contributed by atoms with van der Waals surface area (Å²) in [5.41, 5.74) is 0. The number of Topliss-reactive ketones (excluding diaryl/α,β-unsaturated/α-hetero) is 1. The van der Waals surface area contributed by atoms with E-state index < -0.39 is 6.10 Å². The first-order valence-corrected chi connectivity index (χ1v) is 9.28. The summed E-state index contributed by atoms with van der Waals surface area (Å²) in [5.74, 6) is 12.6. The van der Waals surface area contributed by atoms with Crippen LogP contribution < -0.4 is 0 Å². The lowest BCUT2D eigenvalue weighted by Gasteiger charge is -2.00. The van der Waals surface area contributed by atoms with Crippen LogP contribution in [0.4, 0.5) is 0 Å². The maximum atomic E-state index is 10.8. The van der Waals surface area contributed by atoms with Crippen molar-refractivity contribution >= 4 is 5.78 Å². The van der Waals surface area contributed by atoms with E-state index in [4.69, 9.17) is 0 Å². The van der Waals surface area contributed by atoms with E-state index in [1.807, 2.05) is 0 Å². The van der Waals surface area contributed by atoms with Crippen LogP contribution in [0.25, 0.3) is 0 Å². The van der Waals surface area contributed by atoms with Crippen LogP contribution >= 0.6 is 0 Å². The van der Waals surface area contributed by atoms with Crippen LogP contribution in [0.3, 0.4) is 0 Å². The molecule has 0 rings (SSSR count). The highest BCUT2D eigenvalue weighted by atomic mass is 16.3.